The number of carbonyl (C=O) groups is 2. The molecule has 2 aromatic rings. The molecule has 0 unspecified atom stereocenters. The molecule has 25 heavy (non-hydrogen) atoms. The van der Waals surface area contributed by atoms with Gasteiger partial charge in [-0.05, 0) is 17.7 Å². The van der Waals surface area contributed by atoms with Crippen LogP contribution in [0, 0.1) is 0 Å². The Kier molecular flexibility index (Phi) is 5.35. The van der Waals surface area contributed by atoms with E-state index in [0.29, 0.717) is 13.1 Å². The minimum absolute atomic E-state index is 0.0498. The maximum atomic E-state index is 12.3. The van der Waals surface area contributed by atoms with Gasteiger partial charge in [-0.2, -0.15) is 5.10 Å². The van der Waals surface area contributed by atoms with Crippen molar-refractivity contribution in [1.29, 1.82) is 0 Å². The third kappa shape index (κ3) is 4.58. The van der Waals surface area contributed by atoms with E-state index in [2.05, 4.69) is 10.00 Å². The van der Waals surface area contributed by atoms with Crippen molar-refractivity contribution in [1.82, 2.24) is 19.6 Å². The topological polar surface area (TPSA) is 78.7 Å². The first-order chi connectivity index (χ1) is 12.0. The molecule has 1 aromatic heterocycles. The highest BCUT2D eigenvalue weighted by Gasteiger charge is 2.21. The van der Waals surface area contributed by atoms with Gasteiger partial charge < -0.3 is 10.0 Å². The van der Waals surface area contributed by atoms with Crippen molar-refractivity contribution in [3.8, 4) is 0 Å². The summed E-state index contributed by atoms with van der Waals surface area (Å²) in [4.78, 5) is 27.3. The van der Waals surface area contributed by atoms with Crippen molar-refractivity contribution >= 4 is 23.5 Å². The molecular formula is C17H19ClN4O3. The van der Waals surface area contributed by atoms with Crippen molar-refractivity contribution in [2.24, 2.45) is 0 Å². The fourth-order valence-electron chi connectivity index (χ4n) is 2.80. The molecule has 0 radical (unpaired) electrons. The fourth-order valence-corrected chi connectivity index (χ4v) is 2.93. The molecule has 0 atom stereocenters. The summed E-state index contributed by atoms with van der Waals surface area (Å²) in [6.07, 6.45) is 2.62. The van der Waals surface area contributed by atoms with Gasteiger partial charge in [-0.15, -0.1) is 0 Å². The van der Waals surface area contributed by atoms with Crippen molar-refractivity contribution in [3.05, 3.63) is 52.8 Å². The minimum atomic E-state index is -1.05. The van der Waals surface area contributed by atoms with E-state index in [1.54, 1.807) is 4.90 Å². The molecule has 3 rings (SSSR count). The second-order valence-corrected chi connectivity index (χ2v) is 6.45. The third-order valence-corrected chi connectivity index (χ3v) is 4.47. The largest absolute Gasteiger partial charge is 0.478 e. The van der Waals surface area contributed by atoms with Gasteiger partial charge in [0.1, 0.15) is 6.54 Å². The highest BCUT2D eigenvalue weighted by atomic mass is 35.5. The molecule has 0 saturated carbocycles. The summed E-state index contributed by atoms with van der Waals surface area (Å²) in [6.45, 7) is 3.80. The summed E-state index contributed by atoms with van der Waals surface area (Å²) < 4.78 is 1.37. The predicted molar refractivity (Wildman–Crippen MR) is 92.5 cm³/mol. The van der Waals surface area contributed by atoms with E-state index < -0.39 is 5.97 Å². The normalized spacial score (nSPS) is 15.3. The van der Waals surface area contributed by atoms with Crippen LogP contribution in [-0.4, -0.2) is 62.7 Å². The van der Waals surface area contributed by atoms with Crippen LogP contribution >= 0.6 is 11.6 Å². The summed E-state index contributed by atoms with van der Waals surface area (Å²) in [5.41, 5.74) is 1.28. The van der Waals surface area contributed by atoms with Crippen molar-refractivity contribution in [2.45, 2.75) is 13.1 Å². The number of rotatable bonds is 5. The molecule has 1 N–H and O–H groups in total. The van der Waals surface area contributed by atoms with E-state index in [1.165, 1.54) is 22.6 Å². The van der Waals surface area contributed by atoms with E-state index in [-0.39, 0.29) is 18.0 Å². The average molecular weight is 363 g/mol. The number of aromatic nitrogens is 2. The number of nitrogens with zero attached hydrogens (tertiary/aromatic N) is 4. The predicted octanol–water partition coefficient (Wildman–Crippen LogP) is 1.58. The van der Waals surface area contributed by atoms with Crippen LogP contribution in [0.5, 0.6) is 0 Å². The number of carboxylic acid groups (broad SMARTS) is 1. The lowest BCUT2D eigenvalue weighted by Crippen LogP contribution is -2.49. The fraction of sp³-hybridized carbons (Fsp3) is 0.353. The first kappa shape index (κ1) is 17.4. The minimum Gasteiger partial charge on any atom is -0.478 e. The van der Waals surface area contributed by atoms with Crippen molar-refractivity contribution < 1.29 is 14.7 Å². The molecule has 1 saturated heterocycles. The Morgan fingerprint density at radius 3 is 2.40 bits per heavy atom. The van der Waals surface area contributed by atoms with Crippen LogP contribution in [-0.2, 0) is 17.9 Å². The Bertz CT molecular complexity index is 752. The van der Waals surface area contributed by atoms with E-state index in [4.69, 9.17) is 16.7 Å². The summed E-state index contributed by atoms with van der Waals surface area (Å²) in [7, 11) is 0. The smallest absolute Gasteiger partial charge is 0.338 e. The molecule has 1 fully saturated rings. The zero-order valence-electron chi connectivity index (χ0n) is 13.6. The van der Waals surface area contributed by atoms with Gasteiger partial charge in [-0.1, -0.05) is 23.7 Å². The molecule has 7 nitrogen and oxygen atoms in total. The Labute approximate surface area is 150 Å². The van der Waals surface area contributed by atoms with E-state index in [9.17, 15) is 9.59 Å². The van der Waals surface area contributed by atoms with E-state index in [0.717, 1.165) is 24.7 Å². The van der Waals surface area contributed by atoms with Gasteiger partial charge in [0.2, 0.25) is 5.91 Å². The van der Waals surface area contributed by atoms with Gasteiger partial charge >= 0.3 is 5.97 Å². The standard InChI is InChI=1S/C17H19ClN4O3/c18-15-3-1-13(2-4-15)10-20-5-7-21(8-6-20)16(23)12-22-11-14(9-19-22)17(24)25/h1-4,9,11H,5-8,10,12H2,(H,24,25). The van der Waals surface area contributed by atoms with Crippen LogP contribution < -0.4 is 0 Å². The van der Waals surface area contributed by atoms with Gasteiger partial charge in [0, 0.05) is 43.9 Å². The molecule has 0 bridgehead atoms. The third-order valence-electron chi connectivity index (χ3n) is 4.22. The van der Waals surface area contributed by atoms with Crippen LogP contribution in [0.1, 0.15) is 15.9 Å². The van der Waals surface area contributed by atoms with Gasteiger partial charge in [-0.3, -0.25) is 14.4 Å². The zero-order valence-corrected chi connectivity index (χ0v) is 14.4. The lowest BCUT2D eigenvalue weighted by atomic mass is 10.2. The molecular weight excluding hydrogens is 344 g/mol. The number of hydrogen-bond acceptors (Lipinski definition) is 4. The number of hydrogen-bond donors (Lipinski definition) is 1. The summed E-state index contributed by atoms with van der Waals surface area (Å²) in [6, 6.07) is 7.79. The quantitative estimate of drug-likeness (QED) is 0.873. The lowest BCUT2D eigenvalue weighted by molar-refractivity contribution is -0.133. The Morgan fingerprint density at radius 1 is 1.12 bits per heavy atom. The lowest BCUT2D eigenvalue weighted by Gasteiger charge is -2.34. The van der Waals surface area contributed by atoms with E-state index >= 15 is 0 Å². The van der Waals surface area contributed by atoms with Crippen LogP contribution in [0.15, 0.2) is 36.7 Å². The first-order valence-electron chi connectivity index (χ1n) is 8.01. The number of benzene rings is 1. The van der Waals surface area contributed by atoms with Crippen molar-refractivity contribution in [2.75, 3.05) is 26.2 Å². The monoisotopic (exact) mass is 362 g/mol. The Hall–Kier alpha value is -2.38. The number of carboxylic acids is 1. The number of amides is 1. The molecule has 132 valence electrons. The number of piperazine rings is 1. The molecule has 1 aliphatic rings. The van der Waals surface area contributed by atoms with Crippen LogP contribution in [0.4, 0.5) is 0 Å². The molecule has 1 aromatic carbocycles. The number of aromatic carboxylic acids is 1. The van der Waals surface area contributed by atoms with Gasteiger partial charge in [-0.25, -0.2) is 4.79 Å². The summed E-state index contributed by atoms with van der Waals surface area (Å²) >= 11 is 5.90. The molecule has 8 heteroatoms. The van der Waals surface area contributed by atoms with Gasteiger partial charge in [0.15, 0.2) is 0 Å². The highest BCUT2D eigenvalue weighted by molar-refractivity contribution is 6.30. The summed E-state index contributed by atoms with van der Waals surface area (Å²) in [5, 5.41) is 13.5. The first-order valence-corrected chi connectivity index (χ1v) is 8.39. The number of carbonyl (C=O) groups excluding carboxylic acids is 1. The molecule has 1 amide bonds. The van der Waals surface area contributed by atoms with Crippen LogP contribution in [0.3, 0.4) is 0 Å². The van der Waals surface area contributed by atoms with Crippen molar-refractivity contribution in [3.63, 3.8) is 0 Å². The van der Waals surface area contributed by atoms with Gasteiger partial charge in [0.05, 0.1) is 11.8 Å². The molecule has 0 aliphatic carbocycles. The Balaban J connectivity index is 1.48. The molecule has 1 aliphatic heterocycles. The molecule has 2 heterocycles. The maximum Gasteiger partial charge on any atom is 0.338 e. The van der Waals surface area contributed by atoms with Gasteiger partial charge in [0.25, 0.3) is 0 Å². The van der Waals surface area contributed by atoms with E-state index in [1.807, 2.05) is 24.3 Å². The maximum absolute atomic E-state index is 12.3. The zero-order chi connectivity index (χ0) is 17.8. The van der Waals surface area contributed by atoms with Crippen LogP contribution in [0.25, 0.3) is 0 Å². The SMILES string of the molecule is O=C(O)c1cnn(CC(=O)N2CCN(Cc3ccc(Cl)cc3)CC2)c1. The number of halogens is 1. The highest BCUT2D eigenvalue weighted by Crippen LogP contribution is 2.13. The molecule has 0 spiro atoms. The second-order valence-electron chi connectivity index (χ2n) is 6.02. The van der Waals surface area contributed by atoms with Crippen LogP contribution in [0.2, 0.25) is 5.02 Å². The second kappa shape index (κ2) is 7.67. The Morgan fingerprint density at radius 2 is 1.80 bits per heavy atom. The average Bonchev–Trinajstić information content (AvgIpc) is 3.06. The summed E-state index contributed by atoms with van der Waals surface area (Å²) in [5.74, 6) is -1.10.